The molecule has 0 aliphatic carbocycles. The van der Waals surface area contributed by atoms with Crippen LogP contribution in [0.5, 0.6) is 0 Å². The van der Waals surface area contributed by atoms with E-state index in [0.29, 0.717) is 19.8 Å². The van der Waals surface area contributed by atoms with Crippen molar-refractivity contribution < 1.29 is 14.3 Å². The molecule has 0 atom stereocenters. The first-order valence-corrected chi connectivity index (χ1v) is 6.59. The summed E-state index contributed by atoms with van der Waals surface area (Å²) in [5.74, 6) is 0.684. The van der Waals surface area contributed by atoms with Gasteiger partial charge in [0.2, 0.25) is 5.91 Å². The molecular weight excluding hydrogens is 218 g/mol. The number of rotatable bonds is 11. The van der Waals surface area contributed by atoms with E-state index in [-0.39, 0.29) is 12.5 Å². The number of nitrogens with one attached hydrogen (secondary N) is 1. The highest BCUT2D eigenvalue weighted by atomic mass is 16.5. The predicted octanol–water partition coefficient (Wildman–Crippen LogP) is 1.98. The lowest BCUT2D eigenvalue weighted by molar-refractivity contribution is -0.126. The minimum Gasteiger partial charge on any atom is -0.379 e. The van der Waals surface area contributed by atoms with Crippen molar-refractivity contribution in [2.24, 2.45) is 5.92 Å². The molecule has 4 heteroatoms. The lowest BCUT2D eigenvalue weighted by Gasteiger charge is -2.07. The highest BCUT2D eigenvalue weighted by Gasteiger charge is 1.99. The fraction of sp³-hybridized carbons (Fsp3) is 0.923. The number of carbonyl (C=O) groups excluding carboxylic acids is 1. The predicted molar refractivity (Wildman–Crippen MR) is 69.0 cm³/mol. The molecule has 0 rings (SSSR count). The molecule has 0 spiro atoms. The van der Waals surface area contributed by atoms with Crippen LogP contribution in [0, 0.1) is 5.92 Å². The Labute approximate surface area is 105 Å². The first kappa shape index (κ1) is 16.4. The van der Waals surface area contributed by atoms with Gasteiger partial charge in [-0.05, 0) is 25.2 Å². The van der Waals surface area contributed by atoms with Crippen LogP contribution in [-0.4, -0.2) is 38.9 Å². The molecule has 0 unspecified atom stereocenters. The second kappa shape index (κ2) is 11.9. The van der Waals surface area contributed by atoms with Gasteiger partial charge in [0, 0.05) is 13.2 Å². The molecule has 0 aromatic carbocycles. The molecule has 0 radical (unpaired) electrons. The van der Waals surface area contributed by atoms with Crippen LogP contribution in [0.15, 0.2) is 0 Å². The molecule has 0 aliphatic heterocycles. The summed E-state index contributed by atoms with van der Waals surface area (Å²) in [6.07, 6.45) is 3.24. The fourth-order valence-corrected chi connectivity index (χ4v) is 1.29. The molecule has 0 saturated carbocycles. The summed E-state index contributed by atoms with van der Waals surface area (Å²) in [6, 6.07) is 0. The molecule has 0 bridgehead atoms. The first-order valence-electron chi connectivity index (χ1n) is 6.59. The van der Waals surface area contributed by atoms with E-state index in [1.807, 2.05) is 6.92 Å². The van der Waals surface area contributed by atoms with Crippen molar-refractivity contribution in [3.63, 3.8) is 0 Å². The highest BCUT2D eigenvalue weighted by Crippen LogP contribution is 2.02. The largest absolute Gasteiger partial charge is 0.379 e. The number of hydrogen-bond donors (Lipinski definition) is 1. The van der Waals surface area contributed by atoms with Gasteiger partial charge in [-0.2, -0.15) is 0 Å². The molecule has 0 aliphatic rings. The normalized spacial score (nSPS) is 10.8. The highest BCUT2D eigenvalue weighted by molar-refractivity contribution is 5.77. The fourth-order valence-electron chi connectivity index (χ4n) is 1.29. The lowest BCUT2D eigenvalue weighted by atomic mass is 10.1. The summed E-state index contributed by atoms with van der Waals surface area (Å²) in [4.78, 5) is 11.1. The van der Waals surface area contributed by atoms with E-state index in [1.165, 1.54) is 6.42 Å². The summed E-state index contributed by atoms with van der Waals surface area (Å²) < 4.78 is 10.6. The molecule has 0 heterocycles. The Bertz CT molecular complexity index is 184. The zero-order chi connectivity index (χ0) is 12.9. The van der Waals surface area contributed by atoms with E-state index in [2.05, 4.69) is 19.2 Å². The third kappa shape index (κ3) is 13.3. The van der Waals surface area contributed by atoms with E-state index < -0.39 is 0 Å². The Hall–Kier alpha value is -0.610. The molecule has 1 N–H and O–H groups in total. The summed E-state index contributed by atoms with van der Waals surface area (Å²) in [6.45, 7) is 9.12. The molecule has 0 aromatic rings. The smallest absolute Gasteiger partial charge is 0.245 e. The molecule has 0 aromatic heterocycles. The van der Waals surface area contributed by atoms with Crippen LogP contribution in [0.4, 0.5) is 0 Å². The van der Waals surface area contributed by atoms with Gasteiger partial charge in [0.25, 0.3) is 0 Å². The van der Waals surface area contributed by atoms with Gasteiger partial charge in [-0.25, -0.2) is 0 Å². The Morgan fingerprint density at radius 3 is 2.53 bits per heavy atom. The maximum absolute atomic E-state index is 11.1. The SMILES string of the molecule is CCCNC(=O)COCCOCCCC(C)C. The van der Waals surface area contributed by atoms with Crippen LogP contribution in [-0.2, 0) is 14.3 Å². The number of ether oxygens (including phenoxy) is 2. The van der Waals surface area contributed by atoms with Crippen molar-refractivity contribution in [3.05, 3.63) is 0 Å². The Kier molecular flexibility index (Phi) is 11.4. The Morgan fingerprint density at radius 2 is 1.88 bits per heavy atom. The molecule has 0 saturated heterocycles. The minimum absolute atomic E-state index is 0.0494. The van der Waals surface area contributed by atoms with E-state index in [0.717, 1.165) is 25.4 Å². The summed E-state index contributed by atoms with van der Waals surface area (Å²) >= 11 is 0. The van der Waals surface area contributed by atoms with Crippen molar-refractivity contribution >= 4 is 5.91 Å². The Morgan fingerprint density at radius 1 is 1.18 bits per heavy atom. The van der Waals surface area contributed by atoms with E-state index in [1.54, 1.807) is 0 Å². The monoisotopic (exact) mass is 245 g/mol. The summed E-state index contributed by atoms with van der Waals surface area (Å²) in [5.41, 5.74) is 0. The second-order valence-corrected chi connectivity index (χ2v) is 4.55. The summed E-state index contributed by atoms with van der Waals surface area (Å²) in [7, 11) is 0. The molecule has 0 fully saturated rings. The van der Waals surface area contributed by atoms with Crippen LogP contribution < -0.4 is 5.32 Å². The molecule has 17 heavy (non-hydrogen) atoms. The van der Waals surface area contributed by atoms with Crippen molar-refractivity contribution in [3.8, 4) is 0 Å². The van der Waals surface area contributed by atoms with Gasteiger partial charge in [-0.15, -0.1) is 0 Å². The van der Waals surface area contributed by atoms with Gasteiger partial charge in [0.05, 0.1) is 13.2 Å². The van der Waals surface area contributed by atoms with Gasteiger partial charge in [-0.3, -0.25) is 4.79 Å². The summed E-state index contributed by atoms with van der Waals surface area (Å²) in [5, 5.41) is 2.75. The molecular formula is C13H27NO3. The van der Waals surface area contributed by atoms with Gasteiger partial charge < -0.3 is 14.8 Å². The quantitative estimate of drug-likeness (QED) is 0.566. The second-order valence-electron chi connectivity index (χ2n) is 4.55. The number of hydrogen-bond acceptors (Lipinski definition) is 3. The van der Waals surface area contributed by atoms with Crippen molar-refractivity contribution in [2.45, 2.75) is 40.0 Å². The van der Waals surface area contributed by atoms with Crippen molar-refractivity contribution in [2.75, 3.05) is 33.0 Å². The zero-order valence-corrected chi connectivity index (χ0v) is 11.5. The Balaban J connectivity index is 3.10. The van der Waals surface area contributed by atoms with Gasteiger partial charge in [0.15, 0.2) is 0 Å². The third-order valence-corrected chi connectivity index (χ3v) is 2.25. The van der Waals surface area contributed by atoms with E-state index >= 15 is 0 Å². The van der Waals surface area contributed by atoms with Crippen LogP contribution in [0.25, 0.3) is 0 Å². The topological polar surface area (TPSA) is 47.6 Å². The molecule has 1 amide bonds. The van der Waals surface area contributed by atoms with E-state index in [4.69, 9.17) is 9.47 Å². The van der Waals surface area contributed by atoms with Crippen LogP contribution in [0.3, 0.4) is 0 Å². The first-order chi connectivity index (χ1) is 8.16. The lowest BCUT2D eigenvalue weighted by Crippen LogP contribution is -2.28. The number of carbonyl (C=O) groups is 1. The zero-order valence-electron chi connectivity index (χ0n) is 11.5. The van der Waals surface area contributed by atoms with Gasteiger partial charge in [-0.1, -0.05) is 20.8 Å². The molecule has 4 nitrogen and oxygen atoms in total. The number of amides is 1. The maximum atomic E-state index is 11.1. The average molecular weight is 245 g/mol. The van der Waals surface area contributed by atoms with E-state index in [9.17, 15) is 4.79 Å². The van der Waals surface area contributed by atoms with Crippen molar-refractivity contribution in [1.29, 1.82) is 0 Å². The van der Waals surface area contributed by atoms with Crippen molar-refractivity contribution in [1.82, 2.24) is 5.32 Å². The average Bonchev–Trinajstić information content (AvgIpc) is 2.29. The van der Waals surface area contributed by atoms with Gasteiger partial charge >= 0.3 is 0 Å². The minimum atomic E-state index is -0.0494. The van der Waals surface area contributed by atoms with Crippen LogP contribution in [0.1, 0.15) is 40.0 Å². The third-order valence-electron chi connectivity index (χ3n) is 2.25. The molecule has 102 valence electrons. The standard InChI is InChI=1S/C13H27NO3/c1-4-7-14-13(15)11-17-10-9-16-8-5-6-12(2)3/h12H,4-11H2,1-3H3,(H,14,15). The van der Waals surface area contributed by atoms with Crippen LogP contribution in [0.2, 0.25) is 0 Å². The van der Waals surface area contributed by atoms with Crippen LogP contribution >= 0.6 is 0 Å². The maximum Gasteiger partial charge on any atom is 0.245 e. The van der Waals surface area contributed by atoms with Gasteiger partial charge in [0.1, 0.15) is 6.61 Å².